The number of rotatable bonds is 3. The van der Waals surface area contributed by atoms with Crippen LogP contribution in [0.5, 0.6) is 0 Å². The van der Waals surface area contributed by atoms with Crippen molar-refractivity contribution in [1.29, 1.82) is 0 Å². The molecule has 0 unspecified atom stereocenters. The van der Waals surface area contributed by atoms with Gasteiger partial charge in [0.2, 0.25) is 0 Å². The Labute approximate surface area is 131 Å². The van der Waals surface area contributed by atoms with Crippen molar-refractivity contribution < 1.29 is 14.3 Å². The number of hydrogen-bond donors (Lipinski definition) is 1. The fraction of sp³-hybridized carbons (Fsp3) is 0. The molecule has 0 aliphatic rings. The van der Waals surface area contributed by atoms with Gasteiger partial charge in [0, 0.05) is 6.20 Å². The van der Waals surface area contributed by atoms with Gasteiger partial charge in [-0.05, 0) is 52.3 Å². The van der Waals surface area contributed by atoms with Gasteiger partial charge in [-0.3, -0.25) is 0 Å². The lowest BCUT2D eigenvalue weighted by Gasteiger charge is -1.99. The standard InChI is InChI=1S/C14H8BrFN2O2S/c15-12-6-5-11(21-12)13-10(14(19)20)7-18(17-13)9-3-1-8(16)2-4-9/h1-7H,(H,19,20). The van der Waals surface area contributed by atoms with Crippen LogP contribution in [0, 0.1) is 5.82 Å². The number of aromatic carboxylic acids is 1. The second-order valence-corrected chi connectivity index (χ2v) is 6.68. The van der Waals surface area contributed by atoms with Crippen molar-refractivity contribution in [2.24, 2.45) is 0 Å². The second-order valence-electron chi connectivity index (χ2n) is 4.22. The molecule has 2 aromatic heterocycles. The third kappa shape index (κ3) is 2.74. The summed E-state index contributed by atoms with van der Waals surface area (Å²) in [5.41, 5.74) is 1.09. The van der Waals surface area contributed by atoms with Gasteiger partial charge in [0.1, 0.15) is 17.1 Å². The van der Waals surface area contributed by atoms with Crippen molar-refractivity contribution in [3.05, 3.63) is 57.8 Å². The van der Waals surface area contributed by atoms with Crippen LogP contribution in [0.25, 0.3) is 16.3 Å². The number of thiophene rings is 1. The minimum atomic E-state index is -1.05. The number of nitrogens with zero attached hydrogens (tertiary/aromatic N) is 2. The van der Waals surface area contributed by atoms with E-state index in [9.17, 15) is 14.3 Å². The van der Waals surface area contributed by atoms with Crippen LogP contribution in [0.1, 0.15) is 10.4 Å². The molecule has 7 heteroatoms. The Kier molecular flexibility index (Phi) is 3.60. The van der Waals surface area contributed by atoms with Crippen LogP contribution in [0.4, 0.5) is 4.39 Å². The molecule has 0 amide bonds. The summed E-state index contributed by atoms with van der Waals surface area (Å²) in [6.07, 6.45) is 1.43. The largest absolute Gasteiger partial charge is 0.478 e. The molecule has 3 aromatic rings. The predicted molar refractivity (Wildman–Crippen MR) is 81.5 cm³/mol. The molecule has 0 spiro atoms. The first kappa shape index (κ1) is 14.0. The average molecular weight is 367 g/mol. The summed E-state index contributed by atoms with van der Waals surface area (Å²) in [5.74, 6) is -1.41. The van der Waals surface area contributed by atoms with Crippen LogP contribution >= 0.6 is 27.3 Å². The molecule has 1 aromatic carbocycles. The molecule has 1 N–H and O–H groups in total. The van der Waals surface area contributed by atoms with Gasteiger partial charge in [-0.1, -0.05) is 0 Å². The van der Waals surface area contributed by atoms with E-state index in [0.717, 1.165) is 8.66 Å². The minimum absolute atomic E-state index is 0.105. The fourth-order valence-corrected chi connectivity index (χ4v) is 3.27. The van der Waals surface area contributed by atoms with Gasteiger partial charge in [-0.2, -0.15) is 5.10 Å². The molecule has 0 saturated carbocycles. The van der Waals surface area contributed by atoms with Crippen molar-refractivity contribution in [2.75, 3.05) is 0 Å². The molecular weight excluding hydrogens is 359 g/mol. The minimum Gasteiger partial charge on any atom is -0.478 e. The second kappa shape index (κ2) is 5.42. The Hall–Kier alpha value is -1.99. The number of aromatic nitrogens is 2. The summed E-state index contributed by atoms with van der Waals surface area (Å²) >= 11 is 4.75. The summed E-state index contributed by atoms with van der Waals surface area (Å²) < 4.78 is 15.3. The number of carboxylic acid groups (broad SMARTS) is 1. The van der Waals surface area contributed by atoms with Gasteiger partial charge in [-0.15, -0.1) is 11.3 Å². The van der Waals surface area contributed by atoms with E-state index in [-0.39, 0.29) is 11.4 Å². The first-order valence-electron chi connectivity index (χ1n) is 5.89. The molecule has 3 rings (SSSR count). The molecule has 4 nitrogen and oxygen atoms in total. The first-order valence-corrected chi connectivity index (χ1v) is 7.50. The van der Waals surface area contributed by atoms with Crippen LogP contribution < -0.4 is 0 Å². The quantitative estimate of drug-likeness (QED) is 0.755. The van der Waals surface area contributed by atoms with E-state index in [1.54, 1.807) is 18.2 Å². The highest BCUT2D eigenvalue weighted by Crippen LogP contribution is 2.32. The van der Waals surface area contributed by atoms with Crippen molar-refractivity contribution in [3.8, 4) is 16.3 Å². The molecule has 0 radical (unpaired) electrons. The maximum absolute atomic E-state index is 13.0. The summed E-state index contributed by atoms with van der Waals surface area (Å²) in [5, 5.41) is 13.6. The SMILES string of the molecule is O=C(O)c1cn(-c2ccc(F)cc2)nc1-c1ccc(Br)s1. The molecule has 0 fully saturated rings. The third-order valence-corrected chi connectivity index (χ3v) is 4.47. The molecule has 0 atom stereocenters. The molecule has 0 saturated heterocycles. The first-order chi connectivity index (χ1) is 10.0. The molecule has 0 aliphatic carbocycles. The van der Waals surface area contributed by atoms with Gasteiger partial charge in [0.05, 0.1) is 14.4 Å². The number of benzene rings is 1. The average Bonchev–Trinajstić information content (AvgIpc) is 3.05. The van der Waals surface area contributed by atoms with Crippen LogP contribution in [0.2, 0.25) is 0 Å². The Morgan fingerprint density at radius 3 is 2.52 bits per heavy atom. The van der Waals surface area contributed by atoms with E-state index in [0.29, 0.717) is 11.4 Å². The molecule has 21 heavy (non-hydrogen) atoms. The molecule has 106 valence electrons. The summed E-state index contributed by atoms with van der Waals surface area (Å²) in [6, 6.07) is 9.34. The Balaban J connectivity index is 2.12. The van der Waals surface area contributed by atoms with Crippen LogP contribution in [-0.4, -0.2) is 20.9 Å². The molecule has 0 aliphatic heterocycles. The van der Waals surface area contributed by atoms with Crippen molar-refractivity contribution in [3.63, 3.8) is 0 Å². The zero-order valence-corrected chi connectivity index (χ0v) is 12.9. The van der Waals surface area contributed by atoms with Crippen molar-refractivity contribution >= 4 is 33.2 Å². The lowest BCUT2D eigenvalue weighted by atomic mass is 10.2. The number of carboxylic acids is 1. The fourth-order valence-electron chi connectivity index (χ4n) is 1.88. The van der Waals surface area contributed by atoms with Gasteiger partial charge in [0.25, 0.3) is 0 Å². The summed E-state index contributed by atoms with van der Waals surface area (Å²) in [6.45, 7) is 0. The monoisotopic (exact) mass is 366 g/mol. The van der Waals surface area contributed by atoms with E-state index in [1.807, 2.05) is 6.07 Å². The molecule has 2 heterocycles. The maximum atomic E-state index is 13.0. The lowest BCUT2D eigenvalue weighted by molar-refractivity contribution is 0.0697. The topological polar surface area (TPSA) is 55.1 Å². The van der Waals surface area contributed by atoms with E-state index in [4.69, 9.17) is 0 Å². The van der Waals surface area contributed by atoms with E-state index in [2.05, 4.69) is 21.0 Å². The highest BCUT2D eigenvalue weighted by atomic mass is 79.9. The van der Waals surface area contributed by atoms with Crippen molar-refractivity contribution in [2.45, 2.75) is 0 Å². The predicted octanol–water partition coefficient (Wildman–Crippen LogP) is 4.20. The molecular formula is C14H8BrFN2O2S. The maximum Gasteiger partial charge on any atom is 0.339 e. The highest BCUT2D eigenvalue weighted by Gasteiger charge is 2.19. The zero-order chi connectivity index (χ0) is 15.0. The number of halogens is 2. The van der Waals surface area contributed by atoms with E-state index < -0.39 is 5.97 Å². The normalized spacial score (nSPS) is 10.8. The van der Waals surface area contributed by atoms with Crippen molar-refractivity contribution in [1.82, 2.24) is 9.78 Å². The summed E-state index contributed by atoms with van der Waals surface area (Å²) in [7, 11) is 0. The molecule has 0 bridgehead atoms. The van der Waals surface area contributed by atoms with E-state index in [1.165, 1.54) is 34.3 Å². The van der Waals surface area contributed by atoms with Gasteiger partial charge >= 0.3 is 5.97 Å². The third-order valence-electron chi connectivity index (χ3n) is 2.84. The Morgan fingerprint density at radius 1 is 1.24 bits per heavy atom. The number of hydrogen-bond acceptors (Lipinski definition) is 3. The highest BCUT2D eigenvalue weighted by molar-refractivity contribution is 9.11. The van der Waals surface area contributed by atoms with Crippen LogP contribution in [0.15, 0.2) is 46.4 Å². The Morgan fingerprint density at radius 2 is 1.95 bits per heavy atom. The van der Waals surface area contributed by atoms with E-state index >= 15 is 0 Å². The number of carbonyl (C=O) groups is 1. The smallest absolute Gasteiger partial charge is 0.339 e. The zero-order valence-electron chi connectivity index (χ0n) is 10.5. The van der Waals surface area contributed by atoms with Crippen LogP contribution in [-0.2, 0) is 0 Å². The lowest BCUT2D eigenvalue weighted by Crippen LogP contribution is -1.96. The Bertz CT molecular complexity index is 811. The van der Waals surface area contributed by atoms with Gasteiger partial charge < -0.3 is 5.11 Å². The van der Waals surface area contributed by atoms with Crippen LogP contribution in [0.3, 0.4) is 0 Å². The summed E-state index contributed by atoms with van der Waals surface area (Å²) in [4.78, 5) is 12.1. The van der Waals surface area contributed by atoms with Gasteiger partial charge in [0.15, 0.2) is 0 Å². The van der Waals surface area contributed by atoms with Gasteiger partial charge in [-0.25, -0.2) is 13.9 Å².